The molecule has 2 aromatic rings. The molecular formula is C19H20BrClN2O4S. The standard InChI is InChI=1S/C19H20BrClN2O4S/c1-13(27-18-8-7-14(21)11-17(18)20)19(24)22-15-5-4-6-16(12-15)28(25,26)23-9-2-3-10-23/h4-8,11-13H,2-3,9-10H2,1H3,(H,22,24). The molecule has 1 fully saturated rings. The summed E-state index contributed by atoms with van der Waals surface area (Å²) in [6.07, 6.45) is 0.937. The highest BCUT2D eigenvalue weighted by Gasteiger charge is 2.27. The van der Waals surface area contributed by atoms with Crippen molar-refractivity contribution in [2.45, 2.75) is 30.8 Å². The van der Waals surface area contributed by atoms with Crippen molar-refractivity contribution in [3.8, 4) is 5.75 Å². The zero-order valence-corrected chi connectivity index (χ0v) is 18.4. The van der Waals surface area contributed by atoms with Gasteiger partial charge in [-0.05, 0) is 72.1 Å². The molecule has 9 heteroatoms. The van der Waals surface area contributed by atoms with Crippen LogP contribution in [-0.4, -0.2) is 37.8 Å². The van der Waals surface area contributed by atoms with Crippen molar-refractivity contribution in [2.24, 2.45) is 0 Å². The second-order valence-corrected chi connectivity index (χ2v) is 9.69. The summed E-state index contributed by atoms with van der Waals surface area (Å²) in [6.45, 7) is 2.67. The van der Waals surface area contributed by atoms with Gasteiger partial charge in [0.1, 0.15) is 5.75 Å². The van der Waals surface area contributed by atoms with Crippen LogP contribution in [0.15, 0.2) is 51.8 Å². The van der Waals surface area contributed by atoms with Gasteiger partial charge in [-0.25, -0.2) is 8.42 Å². The highest BCUT2D eigenvalue weighted by atomic mass is 79.9. The molecule has 0 aromatic heterocycles. The van der Waals surface area contributed by atoms with Crippen LogP contribution in [0.2, 0.25) is 5.02 Å². The van der Waals surface area contributed by atoms with Crippen LogP contribution >= 0.6 is 27.5 Å². The summed E-state index contributed by atoms with van der Waals surface area (Å²) in [5.41, 5.74) is 0.399. The average molecular weight is 488 g/mol. The first-order chi connectivity index (χ1) is 13.3. The smallest absolute Gasteiger partial charge is 0.265 e. The summed E-state index contributed by atoms with van der Waals surface area (Å²) in [5.74, 6) is 0.0926. The van der Waals surface area contributed by atoms with Gasteiger partial charge in [-0.2, -0.15) is 4.31 Å². The van der Waals surface area contributed by atoms with Crippen LogP contribution in [-0.2, 0) is 14.8 Å². The molecule has 1 saturated heterocycles. The van der Waals surface area contributed by atoms with E-state index < -0.39 is 22.0 Å². The Labute approximate surface area is 178 Å². The molecule has 0 bridgehead atoms. The number of benzene rings is 2. The normalized spacial score (nSPS) is 16.0. The third kappa shape index (κ3) is 4.86. The predicted octanol–water partition coefficient (Wildman–Crippen LogP) is 4.29. The Kier molecular flexibility index (Phi) is 6.65. The molecule has 1 N–H and O–H groups in total. The van der Waals surface area contributed by atoms with Crippen LogP contribution in [0, 0.1) is 0 Å². The molecule has 1 atom stereocenters. The summed E-state index contributed by atoms with van der Waals surface area (Å²) in [6, 6.07) is 11.3. The van der Waals surface area contributed by atoms with E-state index >= 15 is 0 Å². The summed E-state index contributed by atoms with van der Waals surface area (Å²) >= 11 is 9.25. The molecule has 28 heavy (non-hydrogen) atoms. The highest BCUT2D eigenvalue weighted by Crippen LogP contribution is 2.29. The van der Waals surface area contributed by atoms with Crippen molar-refractivity contribution in [2.75, 3.05) is 18.4 Å². The summed E-state index contributed by atoms with van der Waals surface area (Å²) in [4.78, 5) is 12.6. The molecule has 0 aliphatic carbocycles. The van der Waals surface area contributed by atoms with Crippen LogP contribution < -0.4 is 10.1 Å². The van der Waals surface area contributed by atoms with Gasteiger partial charge in [-0.1, -0.05) is 17.7 Å². The largest absolute Gasteiger partial charge is 0.480 e. The third-order valence-electron chi connectivity index (χ3n) is 4.37. The molecule has 1 unspecified atom stereocenters. The Morgan fingerprint density at radius 1 is 1.21 bits per heavy atom. The van der Waals surface area contributed by atoms with E-state index in [1.54, 1.807) is 37.3 Å². The lowest BCUT2D eigenvalue weighted by Gasteiger charge is -2.18. The molecular weight excluding hydrogens is 468 g/mol. The number of nitrogens with zero attached hydrogens (tertiary/aromatic N) is 1. The van der Waals surface area contributed by atoms with Crippen LogP contribution in [0.1, 0.15) is 19.8 Å². The van der Waals surface area contributed by atoms with Gasteiger partial charge in [0.2, 0.25) is 10.0 Å². The summed E-state index contributed by atoms with van der Waals surface area (Å²) in [7, 11) is -3.54. The maximum atomic E-state index is 12.7. The molecule has 0 saturated carbocycles. The van der Waals surface area contributed by atoms with Crippen LogP contribution in [0.4, 0.5) is 5.69 Å². The lowest BCUT2D eigenvalue weighted by Crippen LogP contribution is -2.30. The molecule has 6 nitrogen and oxygen atoms in total. The third-order valence-corrected chi connectivity index (χ3v) is 7.12. The predicted molar refractivity (Wildman–Crippen MR) is 112 cm³/mol. The van der Waals surface area contributed by atoms with E-state index in [1.807, 2.05) is 0 Å². The number of halogens is 2. The van der Waals surface area contributed by atoms with Crippen molar-refractivity contribution in [1.29, 1.82) is 0 Å². The van der Waals surface area contributed by atoms with Gasteiger partial charge < -0.3 is 10.1 Å². The van der Waals surface area contributed by atoms with Crippen LogP contribution in [0.5, 0.6) is 5.75 Å². The van der Waals surface area contributed by atoms with E-state index in [9.17, 15) is 13.2 Å². The Morgan fingerprint density at radius 3 is 2.61 bits per heavy atom. The van der Waals surface area contributed by atoms with Gasteiger partial charge in [-0.15, -0.1) is 0 Å². The number of rotatable bonds is 6. The molecule has 1 amide bonds. The Hall–Kier alpha value is -1.61. The van der Waals surface area contributed by atoms with E-state index in [4.69, 9.17) is 16.3 Å². The van der Waals surface area contributed by atoms with Crippen LogP contribution in [0.25, 0.3) is 0 Å². The molecule has 1 aliphatic heterocycles. The van der Waals surface area contributed by atoms with Crippen molar-refractivity contribution in [3.05, 3.63) is 52.0 Å². The summed E-state index contributed by atoms with van der Waals surface area (Å²) in [5, 5.41) is 3.26. The zero-order valence-electron chi connectivity index (χ0n) is 15.2. The molecule has 150 valence electrons. The number of amides is 1. The van der Waals surface area contributed by atoms with E-state index in [-0.39, 0.29) is 4.90 Å². The monoisotopic (exact) mass is 486 g/mol. The van der Waals surface area contributed by atoms with E-state index in [1.165, 1.54) is 16.4 Å². The Balaban J connectivity index is 1.70. The first-order valence-electron chi connectivity index (χ1n) is 8.80. The second-order valence-electron chi connectivity index (χ2n) is 6.46. The van der Waals surface area contributed by atoms with Gasteiger partial charge in [0.05, 0.1) is 9.37 Å². The number of nitrogens with one attached hydrogen (secondary N) is 1. The minimum atomic E-state index is -3.54. The van der Waals surface area contributed by atoms with E-state index in [0.29, 0.717) is 34.0 Å². The second kappa shape index (κ2) is 8.82. The summed E-state index contributed by atoms with van der Waals surface area (Å²) < 4.78 is 33.1. The zero-order chi connectivity index (χ0) is 20.3. The SMILES string of the molecule is CC(Oc1ccc(Cl)cc1Br)C(=O)Nc1cccc(S(=O)(=O)N2CCCC2)c1. The molecule has 2 aromatic carbocycles. The minimum Gasteiger partial charge on any atom is -0.480 e. The van der Waals surface area contributed by atoms with Gasteiger partial charge in [0.15, 0.2) is 6.10 Å². The number of hydrogen-bond acceptors (Lipinski definition) is 4. The number of hydrogen-bond donors (Lipinski definition) is 1. The maximum Gasteiger partial charge on any atom is 0.265 e. The molecule has 1 heterocycles. The Bertz CT molecular complexity index is 978. The fraction of sp³-hybridized carbons (Fsp3) is 0.316. The quantitative estimate of drug-likeness (QED) is 0.659. The fourth-order valence-corrected chi connectivity index (χ4v) is 5.21. The highest BCUT2D eigenvalue weighted by molar-refractivity contribution is 9.10. The first-order valence-corrected chi connectivity index (χ1v) is 11.4. The number of carbonyl (C=O) groups is 1. The molecule has 0 spiro atoms. The fourth-order valence-electron chi connectivity index (χ4n) is 2.87. The topological polar surface area (TPSA) is 75.7 Å². The molecule has 0 radical (unpaired) electrons. The Morgan fingerprint density at radius 2 is 1.93 bits per heavy atom. The van der Waals surface area contributed by atoms with Gasteiger partial charge in [-0.3, -0.25) is 4.79 Å². The van der Waals surface area contributed by atoms with Crippen LogP contribution in [0.3, 0.4) is 0 Å². The van der Waals surface area contributed by atoms with Gasteiger partial charge >= 0.3 is 0 Å². The average Bonchev–Trinajstić information content (AvgIpc) is 3.20. The first kappa shape index (κ1) is 21.1. The van der Waals surface area contributed by atoms with Crippen molar-refractivity contribution in [3.63, 3.8) is 0 Å². The maximum absolute atomic E-state index is 12.7. The van der Waals surface area contributed by atoms with Crippen molar-refractivity contribution < 1.29 is 17.9 Å². The van der Waals surface area contributed by atoms with E-state index in [2.05, 4.69) is 21.2 Å². The number of sulfonamides is 1. The molecule has 1 aliphatic rings. The number of ether oxygens (including phenoxy) is 1. The number of carbonyl (C=O) groups excluding carboxylic acids is 1. The van der Waals surface area contributed by atoms with E-state index in [0.717, 1.165) is 12.8 Å². The lowest BCUT2D eigenvalue weighted by molar-refractivity contribution is -0.122. The van der Waals surface area contributed by atoms with Gasteiger partial charge in [0, 0.05) is 23.8 Å². The van der Waals surface area contributed by atoms with Gasteiger partial charge in [0.25, 0.3) is 5.91 Å². The van der Waals surface area contributed by atoms with Crippen molar-refractivity contribution in [1.82, 2.24) is 4.31 Å². The minimum absolute atomic E-state index is 0.168. The van der Waals surface area contributed by atoms with Crippen molar-refractivity contribution >= 4 is 49.1 Å². The number of anilines is 1. The molecule has 3 rings (SSSR count). The lowest BCUT2D eigenvalue weighted by atomic mass is 10.3.